The molecule has 1 aliphatic carbocycles. The van der Waals surface area contributed by atoms with Gasteiger partial charge in [0.2, 0.25) is 0 Å². The van der Waals surface area contributed by atoms with Gasteiger partial charge >= 0.3 is 0 Å². The van der Waals surface area contributed by atoms with Crippen LogP contribution < -0.4 is 0 Å². The van der Waals surface area contributed by atoms with Crippen molar-refractivity contribution < 1.29 is 0 Å². The molecule has 2 aromatic rings. The van der Waals surface area contributed by atoms with Gasteiger partial charge in [-0.15, -0.1) is 0 Å². The Balaban J connectivity index is 1.80. The zero-order valence-electron chi connectivity index (χ0n) is 19.9. The highest BCUT2D eigenvalue weighted by atomic mass is 14.4. The van der Waals surface area contributed by atoms with E-state index in [1.54, 1.807) is 11.1 Å². The number of hydrogen-bond donors (Lipinski definition) is 0. The van der Waals surface area contributed by atoms with Crippen LogP contribution in [0.5, 0.6) is 0 Å². The predicted octanol–water partition coefficient (Wildman–Crippen LogP) is 9.76. The lowest BCUT2D eigenvalue weighted by Crippen LogP contribution is -2.25. The summed E-state index contributed by atoms with van der Waals surface area (Å²) in [6.45, 7) is 6.89. The first-order valence-corrected chi connectivity index (χ1v) is 12.9. The van der Waals surface area contributed by atoms with Crippen LogP contribution in [0.15, 0.2) is 42.5 Å². The monoisotopic (exact) mass is 404 g/mol. The maximum absolute atomic E-state index is 2.52. The molecule has 164 valence electrons. The van der Waals surface area contributed by atoms with E-state index in [4.69, 9.17) is 0 Å². The third kappa shape index (κ3) is 5.37. The van der Waals surface area contributed by atoms with Crippen LogP contribution >= 0.6 is 0 Å². The van der Waals surface area contributed by atoms with Gasteiger partial charge in [-0.25, -0.2) is 0 Å². The summed E-state index contributed by atoms with van der Waals surface area (Å²) in [5.41, 5.74) is 7.92. The molecule has 0 heterocycles. The molecule has 0 unspecified atom stereocenters. The molecule has 0 aliphatic heterocycles. The van der Waals surface area contributed by atoms with Crippen molar-refractivity contribution in [2.75, 3.05) is 0 Å². The van der Waals surface area contributed by atoms with Crippen LogP contribution in [-0.4, -0.2) is 0 Å². The normalized spacial score (nSPS) is 14.0. The molecule has 1 aliphatic rings. The Labute approximate surface area is 186 Å². The van der Waals surface area contributed by atoms with Gasteiger partial charge in [0.25, 0.3) is 0 Å². The standard InChI is InChI=1S/C30H44/c1-4-6-8-10-12-16-22-30(23-17-13-11-9-7-5-2)28-19-15-14-18-26(28)27-21-20-25(3)24-29(27)30/h14-15,18-21,24H,4-13,16-17,22-23H2,1-3H3. The fourth-order valence-corrected chi connectivity index (χ4v) is 5.65. The molecule has 0 fully saturated rings. The van der Waals surface area contributed by atoms with Crippen molar-refractivity contribution in [3.05, 3.63) is 59.2 Å². The second-order valence-electron chi connectivity index (χ2n) is 9.71. The summed E-state index contributed by atoms with van der Waals surface area (Å²) in [6.07, 6.45) is 19.2. The molecule has 0 heteroatoms. The van der Waals surface area contributed by atoms with E-state index in [9.17, 15) is 0 Å². The lowest BCUT2D eigenvalue weighted by Gasteiger charge is -2.33. The molecule has 0 radical (unpaired) electrons. The third-order valence-corrected chi connectivity index (χ3v) is 7.34. The van der Waals surface area contributed by atoms with Crippen molar-refractivity contribution in [2.45, 2.75) is 116 Å². The zero-order chi connectivity index (χ0) is 21.2. The Morgan fingerprint density at radius 3 is 1.73 bits per heavy atom. The fourth-order valence-electron chi connectivity index (χ4n) is 5.65. The summed E-state index contributed by atoms with van der Waals surface area (Å²) in [4.78, 5) is 0. The summed E-state index contributed by atoms with van der Waals surface area (Å²) in [6, 6.07) is 16.5. The number of unbranched alkanes of at least 4 members (excludes halogenated alkanes) is 10. The van der Waals surface area contributed by atoms with Crippen molar-refractivity contribution in [2.24, 2.45) is 0 Å². The summed E-state index contributed by atoms with van der Waals surface area (Å²) in [7, 11) is 0. The topological polar surface area (TPSA) is 0 Å². The second-order valence-corrected chi connectivity index (χ2v) is 9.71. The minimum absolute atomic E-state index is 0.244. The minimum atomic E-state index is 0.244. The molecular weight excluding hydrogens is 360 g/mol. The average molecular weight is 405 g/mol. The van der Waals surface area contributed by atoms with Crippen LogP contribution in [0.3, 0.4) is 0 Å². The highest BCUT2D eigenvalue weighted by Crippen LogP contribution is 2.54. The van der Waals surface area contributed by atoms with Crippen LogP contribution in [-0.2, 0) is 5.41 Å². The average Bonchev–Trinajstić information content (AvgIpc) is 3.03. The van der Waals surface area contributed by atoms with E-state index in [2.05, 4.69) is 63.2 Å². The van der Waals surface area contributed by atoms with E-state index < -0.39 is 0 Å². The van der Waals surface area contributed by atoms with Crippen LogP contribution in [0.4, 0.5) is 0 Å². The Bertz CT molecular complexity index is 753. The molecule has 0 saturated heterocycles. The van der Waals surface area contributed by atoms with Crippen molar-refractivity contribution in [1.82, 2.24) is 0 Å². The number of rotatable bonds is 14. The van der Waals surface area contributed by atoms with Gasteiger partial charge in [-0.3, -0.25) is 0 Å². The van der Waals surface area contributed by atoms with Gasteiger partial charge in [-0.2, -0.15) is 0 Å². The van der Waals surface area contributed by atoms with E-state index in [0.29, 0.717) is 0 Å². The molecule has 0 N–H and O–H groups in total. The third-order valence-electron chi connectivity index (χ3n) is 7.34. The lowest BCUT2D eigenvalue weighted by molar-refractivity contribution is 0.397. The van der Waals surface area contributed by atoms with Gasteiger partial charge < -0.3 is 0 Å². The van der Waals surface area contributed by atoms with Crippen molar-refractivity contribution in [1.29, 1.82) is 0 Å². The quantitative estimate of drug-likeness (QED) is 0.275. The molecule has 30 heavy (non-hydrogen) atoms. The van der Waals surface area contributed by atoms with Gasteiger partial charge in [0.15, 0.2) is 0 Å². The molecule has 0 saturated carbocycles. The molecular formula is C30H44. The second kappa shape index (κ2) is 11.7. The van der Waals surface area contributed by atoms with E-state index >= 15 is 0 Å². The van der Waals surface area contributed by atoms with Crippen molar-refractivity contribution >= 4 is 0 Å². The molecule has 0 amide bonds. The Hall–Kier alpha value is -1.56. The van der Waals surface area contributed by atoms with Crippen LogP contribution in [0.25, 0.3) is 11.1 Å². The van der Waals surface area contributed by atoms with Crippen LogP contribution in [0.2, 0.25) is 0 Å². The molecule has 0 nitrogen and oxygen atoms in total. The maximum atomic E-state index is 2.52. The summed E-state index contributed by atoms with van der Waals surface area (Å²) in [5, 5.41) is 0. The number of aryl methyl sites for hydroxylation is 1. The zero-order valence-corrected chi connectivity index (χ0v) is 19.9. The summed E-state index contributed by atoms with van der Waals surface area (Å²) >= 11 is 0. The smallest absolute Gasteiger partial charge is 0.0215 e. The number of hydrogen-bond acceptors (Lipinski definition) is 0. The molecule has 0 aromatic heterocycles. The Kier molecular flexibility index (Phi) is 9.04. The van der Waals surface area contributed by atoms with E-state index in [1.165, 1.54) is 107 Å². The molecule has 0 spiro atoms. The van der Waals surface area contributed by atoms with Crippen LogP contribution in [0.1, 0.15) is 120 Å². The molecule has 0 atom stereocenters. The highest BCUT2D eigenvalue weighted by Gasteiger charge is 2.41. The Morgan fingerprint density at radius 2 is 1.10 bits per heavy atom. The predicted molar refractivity (Wildman–Crippen MR) is 133 cm³/mol. The first-order chi connectivity index (χ1) is 14.7. The summed E-state index contributed by atoms with van der Waals surface area (Å²) < 4.78 is 0. The fraction of sp³-hybridized carbons (Fsp3) is 0.600. The highest BCUT2D eigenvalue weighted by molar-refractivity contribution is 5.81. The molecule has 0 bridgehead atoms. The van der Waals surface area contributed by atoms with Gasteiger partial charge in [0.1, 0.15) is 0 Å². The lowest BCUT2D eigenvalue weighted by atomic mass is 9.70. The van der Waals surface area contributed by atoms with E-state index in [0.717, 1.165) is 0 Å². The van der Waals surface area contributed by atoms with Crippen LogP contribution in [0, 0.1) is 6.92 Å². The molecule has 2 aromatic carbocycles. The van der Waals surface area contributed by atoms with Crippen molar-refractivity contribution in [3.8, 4) is 11.1 Å². The van der Waals surface area contributed by atoms with E-state index in [-0.39, 0.29) is 5.41 Å². The maximum Gasteiger partial charge on any atom is 0.0215 e. The van der Waals surface area contributed by atoms with Gasteiger partial charge in [-0.05, 0) is 42.0 Å². The van der Waals surface area contributed by atoms with Gasteiger partial charge in [0.05, 0.1) is 0 Å². The first kappa shape index (κ1) is 23.1. The van der Waals surface area contributed by atoms with Crippen molar-refractivity contribution in [3.63, 3.8) is 0 Å². The van der Waals surface area contributed by atoms with Gasteiger partial charge in [-0.1, -0.05) is 139 Å². The minimum Gasteiger partial charge on any atom is -0.0654 e. The largest absolute Gasteiger partial charge is 0.0654 e. The summed E-state index contributed by atoms with van der Waals surface area (Å²) in [5.74, 6) is 0. The number of benzene rings is 2. The first-order valence-electron chi connectivity index (χ1n) is 12.9. The Morgan fingerprint density at radius 1 is 0.567 bits per heavy atom. The number of fused-ring (bicyclic) bond motifs is 3. The van der Waals surface area contributed by atoms with Gasteiger partial charge in [0, 0.05) is 5.41 Å². The molecule has 3 rings (SSSR count). The SMILES string of the molecule is CCCCCCCCC1(CCCCCCCC)c2ccccc2-c2ccc(C)cc21. The van der Waals surface area contributed by atoms with E-state index in [1.807, 2.05) is 0 Å².